The average molecular weight is 315 g/mol. The minimum absolute atomic E-state index is 0.132. The molecule has 0 saturated heterocycles. The topological polar surface area (TPSA) is 3.24 Å². The first kappa shape index (κ1) is 14.4. The normalized spacial score (nSPS) is 24.7. The van der Waals surface area contributed by atoms with Crippen LogP contribution in [0.4, 0.5) is 4.39 Å². The van der Waals surface area contributed by atoms with Gasteiger partial charge in [0, 0.05) is 16.1 Å². The summed E-state index contributed by atoms with van der Waals surface area (Å²) in [5, 5.41) is 1.18. The molecule has 0 N–H and O–H groups in total. The molecule has 2 aliphatic rings. The minimum atomic E-state index is -0.132. The Balaban J connectivity index is 1.82. The van der Waals surface area contributed by atoms with E-state index in [9.17, 15) is 4.39 Å². The summed E-state index contributed by atoms with van der Waals surface area (Å²) in [5.41, 5.74) is 3.21. The number of nitrogens with zero attached hydrogens (tertiary/aromatic N) is 1. The minimum Gasteiger partial charge on any atom is -0.305 e. The zero-order valence-electron chi connectivity index (χ0n) is 13.2. The Morgan fingerprint density at radius 3 is 2.91 bits per heavy atom. The number of halogens is 1. The third-order valence-corrected chi connectivity index (χ3v) is 6.25. The number of likely N-dealkylation sites (N-methyl/N-ethyl adjacent to an activating group) is 1. The van der Waals surface area contributed by atoms with Gasteiger partial charge in [-0.25, -0.2) is 4.39 Å². The molecule has 3 heteroatoms. The van der Waals surface area contributed by atoms with Crippen LogP contribution < -0.4 is 0 Å². The maximum Gasteiger partial charge on any atom is 0.124 e. The average Bonchev–Trinajstić information content (AvgIpc) is 3.02. The van der Waals surface area contributed by atoms with Crippen LogP contribution in [0.1, 0.15) is 30.6 Å². The summed E-state index contributed by atoms with van der Waals surface area (Å²) >= 11 is 1.77. The Kier molecular flexibility index (Phi) is 3.58. The first-order chi connectivity index (χ1) is 10.6. The highest BCUT2D eigenvalue weighted by molar-refractivity contribution is 7.20. The summed E-state index contributed by atoms with van der Waals surface area (Å²) in [7, 11) is 4.31. The smallest absolute Gasteiger partial charge is 0.124 e. The third-order valence-electron chi connectivity index (χ3n) is 5.12. The Hall–Kier alpha value is -1.19. The number of thiophene rings is 1. The second-order valence-corrected chi connectivity index (χ2v) is 8.21. The molecule has 2 atom stereocenters. The van der Waals surface area contributed by atoms with E-state index in [1.165, 1.54) is 35.9 Å². The predicted molar refractivity (Wildman–Crippen MR) is 92.7 cm³/mol. The molecule has 4 rings (SSSR count). The van der Waals surface area contributed by atoms with Crippen molar-refractivity contribution in [2.24, 2.45) is 11.8 Å². The molecule has 116 valence electrons. The SMILES string of the molecule is CN(C)CC1=C(c2cc3ccc(F)cc3s2)C2CCC(C1)C2. The van der Waals surface area contributed by atoms with Gasteiger partial charge in [0.15, 0.2) is 0 Å². The van der Waals surface area contributed by atoms with E-state index < -0.39 is 0 Å². The predicted octanol–water partition coefficient (Wildman–Crippen LogP) is 5.18. The van der Waals surface area contributed by atoms with Crippen LogP contribution in [0.2, 0.25) is 0 Å². The molecule has 2 aliphatic carbocycles. The number of benzene rings is 1. The number of hydrogen-bond donors (Lipinski definition) is 0. The lowest BCUT2D eigenvalue weighted by atomic mass is 9.82. The molecular formula is C19H22FNS. The van der Waals surface area contributed by atoms with Crippen molar-refractivity contribution >= 4 is 27.0 Å². The van der Waals surface area contributed by atoms with E-state index in [4.69, 9.17) is 0 Å². The Bertz CT molecular complexity index is 743. The number of allylic oxidation sites excluding steroid dienone is 1. The van der Waals surface area contributed by atoms with Gasteiger partial charge in [0.05, 0.1) is 0 Å². The monoisotopic (exact) mass is 315 g/mol. The van der Waals surface area contributed by atoms with Crippen LogP contribution in [0.15, 0.2) is 29.8 Å². The molecule has 1 aromatic heterocycles. The van der Waals surface area contributed by atoms with Gasteiger partial charge in [0.25, 0.3) is 0 Å². The van der Waals surface area contributed by atoms with Crippen molar-refractivity contribution in [3.8, 4) is 0 Å². The maximum absolute atomic E-state index is 13.5. The van der Waals surface area contributed by atoms with Crippen LogP contribution in [0.5, 0.6) is 0 Å². The molecule has 2 unspecified atom stereocenters. The summed E-state index contributed by atoms with van der Waals surface area (Å²) in [5.74, 6) is 1.50. The van der Waals surface area contributed by atoms with Gasteiger partial charge in [-0.15, -0.1) is 11.3 Å². The Labute approximate surface area is 135 Å². The number of rotatable bonds is 3. The molecule has 1 saturated carbocycles. The van der Waals surface area contributed by atoms with Gasteiger partial charge in [-0.05, 0) is 80.8 Å². The molecule has 1 heterocycles. The van der Waals surface area contributed by atoms with Crippen molar-refractivity contribution in [1.29, 1.82) is 0 Å². The largest absolute Gasteiger partial charge is 0.305 e. The van der Waals surface area contributed by atoms with Gasteiger partial charge in [-0.2, -0.15) is 0 Å². The summed E-state index contributed by atoms with van der Waals surface area (Å²) in [4.78, 5) is 3.66. The van der Waals surface area contributed by atoms with E-state index in [1.807, 2.05) is 6.07 Å². The number of fused-ring (bicyclic) bond motifs is 3. The van der Waals surface area contributed by atoms with Crippen LogP contribution in [0.3, 0.4) is 0 Å². The van der Waals surface area contributed by atoms with Crippen molar-refractivity contribution in [3.63, 3.8) is 0 Å². The second-order valence-electron chi connectivity index (χ2n) is 7.13. The van der Waals surface area contributed by atoms with Crippen molar-refractivity contribution in [1.82, 2.24) is 4.90 Å². The van der Waals surface area contributed by atoms with Crippen molar-refractivity contribution in [2.45, 2.75) is 25.7 Å². The molecule has 1 fully saturated rings. The quantitative estimate of drug-likeness (QED) is 0.755. The first-order valence-corrected chi connectivity index (χ1v) is 8.98. The van der Waals surface area contributed by atoms with Crippen molar-refractivity contribution < 1.29 is 4.39 Å². The van der Waals surface area contributed by atoms with Crippen LogP contribution in [0, 0.1) is 17.7 Å². The van der Waals surface area contributed by atoms with Gasteiger partial charge in [-0.3, -0.25) is 0 Å². The summed E-state index contributed by atoms with van der Waals surface area (Å²) in [6.45, 7) is 1.06. The lowest BCUT2D eigenvalue weighted by Crippen LogP contribution is -2.21. The molecule has 0 spiro atoms. The van der Waals surface area contributed by atoms with Crippen LogP contribution >= 0.6 is 11.3 Å². The van der Waals surface area contributed by atoms with E-state index in [0.717, 1.165) is 23.1 Å². The van der Waals surface area contributed by atoms with Gasteiger partial charge >= 0.3 is 0 Å². The maximum atomic E-state index is 13.5. The molecular weight excluding hydrogens is 293 g/mol. The zero-order valence-corrected chi connectivity index (χ0v) is 14.0. The number of hydrogen-bond acceptors (Lipinski definition) is 2. The van der Waals surface area contributed by atoms with Gasteiger partial charge in [-0.1, -0.05) is 11.6 Å². The summed E-state index contributed by atoms with van der Waals surface area (Å²) < 4.78 is 14.6. The van der Waals surface area contributed by atoms with E-state index in [2.05, 4.69) is 25.1 Å². The fraction of sp³-hybridized carbons (Fsp3) is 0.474. The molecule has 0 amide bonds. The van der Waals surface area contributed by atoms with Crippen molar-refractivity contribution in [2.75, 3.05) is 20.6 Å². The first-order valence-electron chi connectivity index (χ1n) is 8.16. The fourth-order valence-corrected chi connectivity index (χ4v) is 5.57. The molecule has 0 aliphatic heterocycles. The molecule has 0 radical (unpaired) electrons. The van der Waals surface area contributed by atoms with E-state index in [0.29, 0.717) is 0 Å². The molecule has 2 bridgehead atoms. The highest BCUT2D eigenvalue weighted by Crippen LogP contribution is 2.50. The standard InChI is InChI=1S/C19H22FNS/c1-21(2)11-15-8-12-3-4-14(7-12)19(15)18-9-13-5-6-16(20)10-17(13)22-18/h5-6,9-10,12,14H,3-4,7-8,11H2,1-2H3. The summed E-state index contributed by atoms with van der Waals surface area (Å²) in [6.07, 6.45) is 5.33. The van der Waals surface area contributed by atoms with Crippen LogP contribution in [-0.4, -0.2) is 25.5 Å². The van der Waals surface area contributed by atoms with Crippen LogP contribution in [0.25, 0.3) is 15.7 Å². The van der Waals surface area contributed by atoms with Gasteiger partial charge < -0.3 is 4.90 Å². The molecule has 1 aromatic carbocycles. The van der Waals surface area contributed by atoms with Crippen LogP contribution in [-0.2, 0) is 0 Å². The molecule has 22 heavy (non-hydrogen) atoms. The van der Waals surface area contributed by atoms with Gasteiger partial charge in [0.1, 0.15) is 5.82 Å². The van der Waals surface area contributed by atoms with Crippen molar-refractivity contribution in [3.05, 3.63) is 40.5 Å². The molecule has 1 nitrogen and oxygen atoms in total. The van der Waals surface area contributed by atoms with Gasteiger partial charge in [0.2, 0.25) is 0 Å². The molecule has 2 aromatic rings. The van der Waals surface area contributed by atoms with E-state index >= 15 is 0 Å². The highest BCUT2D eigenvalue weighted by Gasteiger charge is 2.35. The summed E-state index contributed by atoms with van der Waals surface area (Å²) in [6, 6.07) is 7.44. The lowest BCUT2D eigenvalue weighted by molar-refractivity contribution is 0.413. The van der Waals surface area contributed by atoms with E-state index in [1.54, 1.807) is 34.6 Å². The lowest BCUT2D eigenvalue weighted by Gasteiger charge is -2.28. The third kappa shape index (κ3) is 2.50. The highest BCUT2D eigenvalue weighted by atomic mass is 32.1. The Morgan fingerprint density at radius 1 is 1.23 bits per heavy atom. The Morgan fingerprint density at radius 2 is 2.09 bits per heavy atom. The zero-order chi connectivity index (χ0) is 15.3. The fourth-order valence-electron chi connectivity index (χ4n) is 4.31. The second kappa shape index (κ2) is 5.47. The van der Waals surface area contributed by atoms with E-state index in [-0.39, 0.29) is 5.82 Å².